The number of methoxy groups -OCH3 is 1. The number of nitrogens with zero attached hydrogens (tertiary/aromatic N) is 4. The van der Waals surface area contributed by atoms with Gasteiger partial charge in [-0.1, -0.05) is 6.07 Å². The summed E-state index contributed by atoms with van der Waals surface area (Å²) in [6.07, 6.45) is 7.52. The van der Waals surface area contributed by atoms with Crippen LogP contribution in [0.15, 0.2) is 72.6 Å². The summed E-state index contributed by atoms with van der Waals surface area (Å²) in [6.45, 7) is 2.02. The van der Waals surface area contributed by atoms with Gasteiger partial charge in [0.15, 0.2) is 0 Å². The number of hydrogen-bond donors (Lipinski definition) is 1. The number of hydrogen-bond acceptors (Lipinski definition) is 6. The monoisotopic (exact) mass is 413 g/mol. The lowest BCUT2D eigenvalue weighted by Crippen LogP contribution is -1.93. The SMILES string of the molecule is COc1ccc(Nc2cc(-c3c(C)nc4ncc(-c5cccnc5)cn34)cs2)cc1. The number of benzene rings is 1. The lowest BCUT2D eigenvalue weighted by Gasteiger charge is -2.05. The molecule has 0 spiro atoms. The normalized spacial score (nSPS) is 11.0. The van der Waals surface area contributed by atoms with Crippen molar-refractivity contribution in [2.45, 2.75) is 6.92 Å². The third-order valence-corrected chi connectivity index (χ3v) is 5.73. The molecule has 1 aromatic carbocycles. The Balaban J connectivity index is 1.50. The third-order valence-electron chi connectivity index (χ3n) is 4.88. The molecule has 0 saturated heterocycles. The number of thiophene rings is 1. The van der Waals surface area contributed by atoms with Gasteiger partial charge in [0.05, 0.1) is 23.5 Å². The fourth-order valence-corrected chi connectivity index (χ4v) is 4.22. The van der Waals surface area contributed by atoms with Crippen LogP contribution in [0.2, 0.25) is 0 Å². The van der Waals surface area contributed by atoms with E-state index < -0.39 is 0 Å². The zero-order chi connectivity index (χ0) is 20.5. The van der Waals surface area contributed by atoms with Gasteiger partial charge in [-0.2, -0.15) is 0 Å². The molecule has 0 atom stereocenters. The Bertz CT molecular complexity index is 1310. The first-order valence-electron chi connectivity index (χ1n) is 9.46. The van der Waals surface area contributed by atoms with E-state index in [1.54, 1.807) is 24.6 Å². The second-order valence-electron chi connectivity index (χ2n) is 6.85. The molecule has 0 radical (unpaired) electrons. The lowest BCUT2D eigenvalue weighted by molar-refractivity contribution is 0.415. The summed E-state index contributed by atoms with van der Waals surface area (Å²) in [6, 6.07) is 14.0. The Kier molecular flexibility index (Phi) is 4.65. The minimum Gasteiger partial charge on any atom is -0.497 e. The maximum atomic E-state index is 5.22. The first-order valence-corrected chi connectivity index (χ1v) is 10.3. The molecule has 1 N–H and O–H groups in total. The first-order chi connectivity index (χ1) is 14.7. The van der Waals surface area contributed by atoms with Gasteiger partial charge < -0.3 is 10.1 Å². The second kappa shape index (κ2) is 7.61. The molecule has 30 heavy (non-hydrogen) atoms. The van der Waals surface area contributed by atoms with Crippen LogP contribution in [-0.4, -0.2) is 26.5 Å². The molecular weight excluding hydrogens is 394 g/mol. The van der Waals surface area contributed by atoms with Gasteiger partial charge in [0, 0.05) is 52.5 Å². The molecular formula is C23H19N5OS. The van der Waals surface area contributed by atoms with Crippen molar-refractivity contribution in [1.29, 1.82) is 0 Å². The summed E-state index contributed by atoms with van der Waals surface area (Å²) >= 11 is 1.66. The number of ether oxygens (including phenoxy) is 1. The Morgan fingerprint density at radius 1 is 1.03 bits per heavy atom. The summed E-state index contributed by atoms with van der Waals surface area (Å²) < 4.78 is 7.28. The molecule has 0 aliphatic heterocycles. The number of anilines is 2. The Labute approximate surface area is 177 Å². The fourth-order valence-electron chi connectivity index (χ4n) is 3.42. The summed E-state index contributed by atoms with van der Waals surface area (Å²) in [5.74, 6) is 1.52. The van der Waals surface area contributed by atoms with Crippen molar-refractivity contribution in [3.05, 3.63) is 78.3 Å². The minimum atomic E-state index is 0.686. The van der Waals surface area contributed by atoms with Crippen LogP contribution in [0.5, 0.6) is 5.75 Å². The van der Waals surface area contributed by atoms with Crippen molar-refractivity contribution in [2.24, 2.45) is 0 Å². The minimum absolute atomic E-state index is 0.686. The van der Waals surface area contributed by atoms with E-state index in [4.69, 9.17) is 4.74 Å². The first kappa shape index (κ1) is 18.3. The largest absolute Gasteiger partial charge is 0.497 e. The van der Waals surface area contributed by atoms with Crippen molar-refractivity contribution in [2.75, 3.05) is 12.4 Å². The van der Waals surface area contributed by atoms with Crippen molar-refractivity contribution >= 4 is 27.8 Å². The van der Waals surface area contributed by atoms with Crippen LogP contribution in [0.25, 0.3) is 28.2 Å². The predicted octanol–water partition coefficient (Wildman–Crippen LogP) is 5.58. The zero-order valence-corrected chi connectivity index (χ0v) is 17.4. The number of imidazole rings is 1. The van der Waals surface area contributed by atoms with Gasteiger partial charge in [-0.05, 0) is 43.3 Å². The molecule has 7 heteroatoms. The molecule has 5 aromatic rings. The Hall–Kier alpha value is -3.71. The molecule has 0 saturated carbocycles. The summed E-state index contributed by atoms with van der Waals surface area (Å²) in [7, 11) is 1.67. The van der Waals surface area contributed by atoms with Crippen LogP contribution in [0.4, 0.5) is 10.7 Å². The number of fused-ring (bicyclic) bond motifs is 1. The summed E-state index contributed by atoms with van der Waals surface area (Å²) in [5, 5.41) is 6.65. The van der Waals surface area contributed by atoms with E-state index in [1.165, 1.54) is 0 Å². The highest BCUT2D eigenvalue weighted by Gasteiger charge is 2.15. The smallest absolute Gasteiger partial charge is 0.234 e. The standard InChI is InChI=1S/C23H19N5OS/c1-15-22(17-10-21(30-14-17)27-19-5-7-20(29-2)8-6-19)28-13-18(12-25-23(28)26-15)16-4-3-9-24-11-16/h3-14,27H,1-2H3. The van der Waals surface area contributed by atoms with Crippen LogP contribution < -0.4 is 10.1 Å². The molecule has 0 aliphatic rings. The molecule has 148 valence electrons. The Morgan fingerprint density at radius 2 is 1.90 bits per heavy atom. The van der Waals surface area contributed by atoms with Crippen molar-refractivity contribution in [3.8, 4) is 28.1 Å². The number of pyridine rings is 1. The molecule has 0 fully saturated rings. The predicted molar refractivity (Wildman–Crippen MR) is 121 cm³/mol. The quantitative estimate of drug-likeness (QED) is 0.407. The van der Waals surface area contributed by atoms with E-state index in [-0.39, 0.29) is 0 Å². The number of aromatic nitrogens is 4. The van der Waals surface area contributed by atoms with E-state index in [0.717, 1.165) is 44.5 Å². The third kappa shape index (κ3) is 3.40. The summed E-state index contributed by atoms with van der Waals surface area (Å²) in [4.78, 5) is 13.4. The maximum absolute atomic E-state index is 5.22. The van der Waals surface area contributed by atoms with Gasteiger partial charge in [0.1, 0.15) is 5.75 Å². The van der Waals surface area contributed by atoms with Crippen molar-refractivity contribution in [1.82, 2.24) is 19.4 Å². The van der Waals surface area contributed by atoms with E-state index in [0.29, 0.717) is 5.78 Å². The van der Waals surface area contributed by atoms with E-state index in [1.807, 2.05) is 55.7 Å². The number of rotatable bonds is 5. The molecule has 0 bridgehead atoms. The molecule has 0 aliphatic carbocycles. The van der Waals surface area contributed by atoms with Crippen molar-refractivity contribution < 1.29 is 4.74 Å². The zero-order valence-electron chi connectivity index (χ0n) is 16.5. The van der Waals surface area contributed by atoms with Gasteiger partial charge in [-0.3, -0.25) is 9.38 Å². The molecule has 4 aromatic heterocycles. The Morgan fingerprint density at radius 3 is 2.67 bits per heavy atom. The summed E-state index contributed by atoms with van der Waals surface area (Å²) in [5.41, 5.74) is 6.13. The lowest BCUT2D eigenvalue weighted by atomic mass is 10.1. The van der Waals surface area contributed by atoms with Gasteiger partial charge in [0.25, 0.3) is 0 Å². The molecule has 4 heterocycles. The topological polar surface area (TPSA) is 64.3 Å². The molecule has 0 amide bonds. The molecule has 6 nitrogen and oxygen atoms in total. The van der Waals surface area contributed by atoms with Crippen LogP contribution in [-0.2, 0) is 0 Å². The molecule has 0 unspecified atom stereocenters. The van der Waals surface area contributed by atoms with E-state index in [2.05, 4.69) is 42.3 Å². The van der Waals surface area contributed by atoms with Crippen LogP contribution in [0.1, 0.15) is 5.69 Å². The number of nitrogens with one attached hydrogen (secondary N) is 1. The van der Waals surface area contributed by atoms with E-state index in [9.17, 15) is 0 Å². The highest BCUT2D eigenvalue weighted by molar-refractivity contribution is 7.14. The highest BCUT2D eigenvalue weighted by atomic mass is 32.1. The van der Waals surface area contributed by atoms with E-state index >= 15 is 0 Å². The van der Waals surface area contributed by atoms with Crippen LogP contribution in [0.3, 0.4) is 0 Å². The van der Waals surface area contributed by atoms with Gasteiger partial charge in [-0.15, -0.1) is 11.3 Å². The highest BCUT2D eigenvalue weighted by Crippen LogP contribution is 2.34. The van der Waals surface area contributed by atoms with Crippen molar-refractivity contribution in [3.63, 3.8) is 0 Å². The number of aryl methyl sites for hydroxylation is 1. The fraction of sp³-hybridized carbons (Fsp3) is 0.0870. The van der Waals surface area contributed by atoms with Gasteiger partial charge >= 0.3 is 0 Å². The average Bonchev–Trinajstić information content (AvgIpc) is 3.37. The second-order valence-corrected chi connectivity index (χ2v) is 7.76. The maximum Gasteiger partial charge on any atom is 0.234 e. The van der Waals surface area contributed by atoms with Gasteiger partial charge in [0.2, 0.25) is 5.78 Å². The molecule has 5 rings (SSSR count). The van der Waals surface area contributed by atoms with Crippen LogP contribution >= 0.6 is 11.3 Å². The average molecular weight is 414 g/mol. The van der Waals surface area contributed by atoms with Crippen LogP contribution in [0, 0.1) is 6.92 Å². The van der Waals surface area contributed by atoms with Gasteiger partial charge in [-0.25, -0.2) is 9.97 Å².